The summed E-state index contributed by atoms with van der Waals surface area (Å²) < 4.78 is 31.4. The Hall–Kier alpha value is -1.93. The van der Waals surface area contributed by atoms with Gasteiger partial charge in [-0.3, -0.25) is 4.90 Å². The molecule has 0 radical (unpaired) electrons. The van der Waals surface area contributed by atoms with E-state index in [9.17, 15) is 8.42 Å². The first-order valence-electron chi connectivity index (χ1n) is 9.61. The second kappa shape index (κ2) is 8.44. The minimum Gasteiger partial charge on any atom is -0.353 e. The molecule has 3 aromatic rings. The molecule has 1 aliphatic heterocycles. The van der Waals surface area contributed by atoms with Gasteiger partial charge in [-0.05, 0) is 53.9 Å². The topological polar surface area (TPSA) is 54.3 Å². The van der Waals surface area contributed by atoms with E-state index in [2.05, 4.69) is 60.5 Å². The van der Waals surface area contributed by atoms with Crippen LogP contribution < -0.4 is 4.72 Å². The lowest BCUT2D eigenvalue weighted by atomic mass is 9.98. The monoisotopic (exact) mass is 473 g/mol. The van der Waals surface area contributed by atoms with E-state index in [-0.39, 0.29) is 10.9 Å². The molecule has 5 nitrogen and oxygen atoms in total. The standard InChI is InChI=1S/C22H24BrN3O2S/c1-25-13-4-7-21(25)22(26-14-12-17-5-2-3-6-18(17)16-26)15-24-29(27,28)20-10-8-19(23)9-11-20/h2-11,13,22,24H,12,14-16H2,1H3. The van der Waals surface area contributed by atoms with Gasteiger partial charge in [0.05, 0.1) is 10.9 Å². The summed E-state index contributed by atoms with van der Waals surface area (Å²) >= 11 is 3.35. The number of nitrogens with one attached hydrogen (secondary N) is 1. The molecule has 4 rings (SSSR count). The van der Waals surface area contributed by atoms with Crippen molar-refractivity contribution in [3.05, 3.63) is 88.2 Å². The number of rotatable bonds is 6. The molecule has 0 spiro atoms. The van der Waals surface area contributed by atoms with Gasteiger partial charge in [0.1, 0.15) is 0 Å². The lowest BCUT2D eigenvalue weighted by Crippen LogP contribution is -2.41. The van der Waals surface area contributed by atoms with E-state index in [0.29, 0.717) is 6.54 Å². The SMILES string of the molecule is Cn1cccc1C(CNS(=O)(=O)c1ccc(Br)cc1)N1CCc2ccccc2C1. The number of hydrogen-bond donors (Lipinski definition) is 1. The molecule has 0 amide bonds. The Bertz CT molecular complexity index is 1090. The number of aryl methyl sites for hydroxylation is 1. The molecule has 152 valence electrons. The molecule has 2 aromatic carbocycles. The van der Waals surface area contributed by atoms with Gasteiger partial charge in [0, 0.05) is 43.0 Å². The van der Waals surface area contributed by atoms with Gasteiger partial charge in [-0.2, -0.15) is 0 Å². The van der Waals surface area contributed by atoms with Gasteiger partial charge in [0.15, 0.2) is 0 Å². The summed E-state index contributed by atoms with van der Waals surface area (Å²) in [5, 5.41) is 0. The molecule has 0 bridgehead atoms. The Morgan fingerprint density at radius 1 is 1.03 bits per heavy atom. The van der Waals surface area contributed by atoms with Crippen molar-refractivity contribution in [2.45, 2.75) is 23.9 Å². The third-order valence-electron chi connectivity index (χ3n) is 5.52. The van der Waals surface area contributed by atoms with Crippen molar-refractivity contribution >= 4 is 26.0 Å². The molecular formula is C22H24BrN3O2S. The third kappa shape index (κ3) is 4.48. The fourth-order valence-electron chi connectivity index (χ4n) is 3.91. The zero-order chi connectivity index (χ0) is 20.4. The summed E-state index contributed by atoms with van der Waals surface area (Å²) in [6.07, 6.45) is 2.97. The summed E-state index contributed by atoms with van der Waals surface area (Å²) in [4.78, 5) is 2.64. The van der Waals surface area contributed by atoms with Crippen molar-refractivity contribution in [3.8, 4) is 0 Å². The Morgan fingerprint density at radius 2 is 1.76 bits per heavy atom. The van der Waals surface area contributed by atoms with Crippen molar-refractivity contribution in [1.82, 2.24) is 14.2 Å². The van der Waals surface area contributed by atoms with Gasteiger partial charge in [-0.1, -0.05) is 40.2 Å². The molecule has 0 aliphatic carbocycles. The predicted molar refractivity (Wildman–Crippen MR) is 118 cm³/mol. The van der Waals surface area contributed by atoms with Crippen LogP contribution in [-0.2, 0) is 30.0 Å². The Labute approximate surface area is 180 Å². The van der Waals surface area contributed by atoms with Crippen LogP contribution in [0.1, 0.15) is 22.9 Å². The molecule has 2 heterocycles. The van der Waals surface area contributed by atoms with Crippen LogP contribution in [0.3, 0.4) is 0 Å². The van der Waals surface area contributed by atoms with Crippen molar-refractivity contribution in [1.29, 1.82) is 0 Å². The second-order valence-corrected chi connectivity index (χ2v) is 10.0. The zero-order valence-corrected chi connectivity index (χ0v) is 18.7. The summed E-state index contributed by atoms with van der Waals surface area (Å²) in [5.41, 5.74) is 3.79. The van der Waals surface area contributed by atoms with Gasteiger partial charge in [-0.15, -0.1) is 0 Å². The number of fused-ring (bicyclic) bond motifs is 1. The molecule has 1 unspecified atom stereocenters. The van der Waals surface area contributed by atoms with E-state index in [1.54, 1.807) is 24.3 Å². The summed E-state index contributed by atoms with van der Waals surface area (Å²) in [5.74, 6) is 0. The van der Waals surface area contributed by atoms with Crippen LogP contribution in [0.15, 0.2) is 76.2 Å². The van der Waals surface area contributed by atoms with Crippen LogP contribution in [0.25, 0.3) is 0 Å². The minimum atomic E-state index is -3.58. The van der Waals surface area contributed by atoms with Gasteiger partial charge in [0.25, 0.3) is 0 Å². The molecule has 1 aliphatic rings. The maximum atomic E-state index is 12.8. The van der Waals surface area contributed by atoms with Crippen molar-refractivity contribution < 1.29 is 8.42 Å². The Morgan fingerprint density at radius 3 is 2.45 bits per heavy atom. The number of halogens is 1. The van der Waals surface area contributed by atoms with Crippen LogP contribution in [0, 0.1) is 0 Å². The highest BCUT2D eigenvalue weighted by atomic mass is 79.9. The first-order valence-corrected chi connectivity index (χ1v) is 11.9. The van der Waals surface area contributed by atoms with Crippen LogP contribution in [0.5, 0.6) is 0 Å². The van der Waals surface area contributed by atoms with Crippen molar-refractivity contribution in [2.24, 2.45) is 7.05 Å². The average molecular weight is 474 g/mol. The smallest absolute Gasteiger partial charge is 0.240 e. The number of sulfonamides is 1. The fraction of sp³-hybridized carbons (Fsp3) is 0.273. The molecule has 0 fully saturated rings. The number of hydrogen-bond acceptors (Lipinski definition) is 3. The van der Waals surface area contributed by atoms with Crippen molar-refractivity contribution in [3.63, 3.8) is 0 Å². The lowest BCUT2D eigenvalue weighted by Gasteiger charge is -2.36. The van der Waals surface area contributed by atoms with Gasteiger partial charge < -0.3 is 4.57 Å². The number of benzene rings is 2. The quantitative estimate of drug-likeness (QED) is 0.591. The van der Waals surface area contributed by atoms with Crippen LogP contribution >= 0.6 is 15.9 Å². The number of nitrogens with zero attached hydrogens (tertiary/aromatic N) is 2. The normalized spacial score (nSPS) is 15.8. The largest absolute Gasteiger partial charge is 0.353 e. The molecule has 1 aromatic heterocycles. The minimum absolute atomic E-state index is 0.0476. The molecule has 7 heteroatoms. The van der Waals surface area contributed by atoms with E-state index in [1.807, 2.05) is 19.3 Å². The lowest BCUT2D eigenvalue weighted by molar-refractivity contribution is 0.174. The van der Waals surface area contributed by atoms with Gasteiger partial charge in [-0.25, -0.2) is 13.1 Å². The van der Waals surface area contributed by atoms with E-state index in [1.165, 1.54) is 11.1 Å². The Balaban J connectivity index is 1.57. The summed E-state index contributed by atoms with van der Waals surface area (Å²) in [7, 11) is -1.58. The van der Waals surface area contributed by atoms with Crippen LogP contribution in [0.4, 0.5) is 0 Å². The molecule has 29 heavy (non-hydrogen) atoms. The molecule has 1 atom stereocenters. The fourth-order valence-corrected chi connectivity index (χ4v) is 5.21. The first kappa shape index (κ1) is 20.3. The Kier molecular flexibility index (Phi) is 5.92. The van der Waals surface area contributed by atoms with E-state index in [0.717, 1.165) is 29.7 Å². The molecule has 1 N–H and O–H groups in total. The maximum Gasteiger partial charge on any atom is 0.240 e. The van der Waals surface area contributed by atoms with E-state index >= 15 is 0 Å². The van der Waals surface area contributed by atoms with Crippen LogP contribution in [0.2, 0.25) is 0 Å². The number of aromatic nitrogens is 1. The van der Waals surface area contributed by atoms with Crippen molar-refractivity contribution in [2.75, 3.05) is 13.1 Å². The van der Waals surface area contributed by atoms with E-state index in [4.69, 9.17) is 0 Å². The molecular weight excluding hydrogens is 450 g/mol. The van der Waals surface area contributed by atoms with Gasteiger partial charge >= 0.3 is 0 Å². The maximum absolute atomic E-state index is 12.8. The first-order chi connectivity index (χ1) is 13.9. The highest BCUT2D eigenvalue weighted by molar-refractivity contribution is 9.10. The van der Waals surface area contributed by atoms with Gasteiger partial charge in [0.2, 0.25) is 10.0 Å². The zero-order valence-electron chi connectivity index (χ0n) is 16.3. The molecule has 0 saturated heterocycles. The third-order valence-corrected chi connectivity index (χ3v) is 7.49. The summed E-state index contributed by atoms with van der Waals surface area (Å²) in [6, 6.07) is 19.2. The average Bonchev–Trinajstić information content (AvgIpc) is 3.14. The highest BCUT2D eigenvalue weighted by Gasteiger charge is 2.28. The second-order valence-electron chi connectivity index (χ2n) is 7.35. The molecule has 0 saturated carbocycles. The summed E-state index contributed by atoms with van der Waals surface area (Å²) in [6.45, 7) is 2.03. The van der Waals surface area contributed by atoms with Crippen LogP contribution in [-0.4, -0.2) is 31.0 Å². The highest BCUT2D eigenvalue weighted by Crippen LogP contribution is 2.28. The predicted octanol–water partition coefficient (Wildman–Crippen LogP) is 3.87. The van der Waals surface area contributed by atoms with E-state index < -0.39 is 10.0 Å².